The average Bonchev–Trinajstić information content (AvgIpc) is 3.33. The lowest BCUT2D eigenvalue weighted by Crippen LogP contribution is -2.34. The Morgan fingerprint density at radius 2 is 1.87 bits per heavy atom. The fourth-order valence-corrected chi connectivity index (χ4v) is 3.68. The molecular weight excluding hydrogens is 495 g/mol. The molecule has 0 bridgehead atoms. The molecule has 3 heterocycles. The number of rotatable bonds is 9. The number of aryl methyl sites for hydroxylation is 2. The standard InChI is InChI=1S/C29H29FN8O/c1-17(11-12-24(31-5)21-9-7-6-8-10-21)20(4)34-29(39)27-23(30)15-22(16-32-27)28-33-18(2)13-25(36-28)35-26-14-19(3)37-38-26/h6-16,20H,5H2,1-4H3,(H,34,39)(H2,33,35,36,37,38)/b17-11+,24-12-. The molecule has 0 aliphatic rings. The highest BCUT2D eigenvalue weighted by Crippen LogP contribution is 2.22. The number of hydrogen-bond donors (Lipinski definition) is 3. The Balaban J connectivity index is 1.47. The van der Waals surface area contributed by atoms with E-state index in [1.54, 1.807) is 13.0 Å². The Kier molecular flexibility index (Phi) is 8.35. The molecule has 0 fully saturated rings. The molecule has 198 valence electrons. The molecule has 1 aromatic carbocycles. The number of benzene rings is 1. The van der Waals surface area contributed by atoms with Crippen LogP contribution >= 0.6 is 0 Å². The first-order valence-electron chi connectivity index (χ1n) is 12.3. The van der Waals surface area contributed by atoms with Gasteiger partial charge in [0, 0.05) is 46.9 Å². The van der Waals surface area contributed by atoms with E-state index in [4.69, 9.17) is 0 Å². The van der Waals surface area contributed by atoms with Gasteiger partial charge in [-0.15, -0.1) is 0 Å². The van der Waals surface area contributed by atoms with Gasteiger partial charge in [-0.2, -0.15) is 5.10 Å². The summed E-state index contributed by atoms with van der Waals surface area (Å²) >= 11 is 0. The van der Waals surface area contributed by atoms with Gasteiger partial charge < -0.3 is 10.6 Å². The van der Waals surface area contributed by atoms with E-state index >= 15 is 4.39 Å². The van der Waals surface area contributed by atoms with E-state index in [0.29, 0.717) is 28.6 Å². The topological polar surface area (TPSA) is 121 Å². The Hall–Kier alpha value is -4.99. The summed E-state index contributed by atoms with van der Waals surface area (Å²) in [5.74, 6) is -0.0391. The number of pyridine rings is 1. The van der Waals surface area contributed by atoms with Crippen molar-refractivity contribution >= 4 is 30.0 Å². The molecule has 0 saturated carbocycles. The lowest BCUT2D eigenvalue weighted by Gasteiger charge is -2.15. The van der Waals surface area contributed by atoms with Gasteiger partial charge in [-0.1, -0.05) is 42.0 Å². The number of carbonyl (C=O) groups excluding carboxylic acids is 1. The number of anilines is 2. The number of nitrogens with zero attached hydrogens (tertiary/aromatic N) is 5. The van der Waals surface area contributed by atoms with Crippen LogP contribution in [0.5, 0.6) is 0 Å². The van der Waals surface area contributed by atoms with Gasteiger partial charge in [-0.05, 0) is 46.6 Å². The third-order valence-electron chi connectivity index (χ3n) is 5.91. The third-order valence-corrected chi connectivity index (χ3v) is 5.91. The number of hydrogen-bond acceptors (Lipinski definition) is 7. The van der Waals surface area contributed by atoms with Crippen LogP contribution in [-0.2, 0) is 0 Å². The maximum absolute atomic E-state index is 15.0. The van der Waals surface area contributed by atoms with Gasteiger partial charge >= 0.3 is 0 Å². The van der Waals surface area contributed by atoms with Crippen LogP contribution in [0.3, 0.4) is 0 Å². The zero-order valence-electron chi connectivity index (χ0n) is 22.2. The van der Waals surface area contributed by atoms with E-state index in [-0.39, 0.29) is 17.6 Å². The Labute approximate surface area is 226 Å². The molecule has 1 amide bonds. The molecule has 9 nitrogen and oxygen atoms in total. The molecule has 0 spiro atoms. The molecule has 39 heavy (non-hydrogen) atoms. The van der Waals surface area contributed by atoms with Gasteiger partial charge in [-0.3, -0.25) is 14.9 Å². The van der Waals surface area contributed by atoms with Crippen molar-refractivity contribution in [3.63, 3.8) is 0 Å². The number of allylic oxidation sites excluding steroid dienone is 2. The van der Waals surface area contributed by atoms with Crippen molar-refractivity contribution in [3.8, 4) is 11.4 Å². The minimum atomic E-state index is -0.775. The lowest BCUT2D eigenvalue weighted by atomic mass is 10.1. The van der Waals surface area contributed by atoms with E-state index in [1.165, 1.54) is 12.3 Å². The highest BCUT2D eigenvalue weighted by molar-refractivity contribution is 5.93. The number of nitrogens with one attached hydrogen (secondary N) is 3. The van der Waals surface area contributed by atoms with Crippen molar-refractivity contribution in [3.05, 3.63) is 101 Å². The smallest absolute Gasteiger partial charge is 0.273 e. The van der Waals surface area contributed by atoms with E-state index in [9.17, 15) is 4.79 Å². The van der Waals surface area contributed by atoms with Gasteiger partial charge in [-0.25, -0.2) is 19.3 Å². The van der Waals surface area contributed by atoms with Crippen LogP contribution in [-0.4, -0.2) is 43.8 Å². The first-order chi connectivity index (χ1) is 18.7. The fourth-order valence-electron chi connectivity index (χ4n) is 3.68. The molecule has 4 rings (SSSR count). The second kappa shape index (κ2) is 12.0. The second-order valence-electron chi connectivity index (χ2n) is 9.02. The maximum Gasteiger partial charge on any atom is 0.273 e. The molecular formula is C29H29FN8O. The van der Waals surface area contributed by atoms with Gasteiger partial charge in [0.2, 0.25) is 0 Å². The van der Waals surface area contributed by atoms with Crippen molar-refractivity contribution < 1.29 is 9.18 Å². The molecule has 3 N–H and O–H groups in total. The predicted molar refractivity (Wildman–Crippen MR) is 151 cm³/mol. The van der Waals surface area contributed by atoms with Crippen LogP contribution in [0, 0.1) is 19.7 Å². The molecule has 1 atom stereocenters. The van der Waals surface area contributed by atoms with Gasteiger partial charge in [0.05, 0.1) is 5.70 Å². The number of halogens is 1. The summed E-state index contributed by atoms with van der Waals surface area (Å²) in [4.78, 5) is 29.8. The Morgan fingerprint density at radius 3 is 2.54 bits per heavy atom. The first kappa shape index (κ1) is 27.1. The summed E-state index contributed by atoms with van der Waals surface area (Å²) in [6, 6.07) is 14.0. The van der Waals surface area contributed by atoms with Crippen LogP contribution in [0.1, 0.15) is 41.3 Å². The van der Waals surface area contributed by atoms with Crippen LogP contribution in [0.4, 0.5) is 16.0 Å². The molecule has 0 aliphatic heterocycles. The molecule has 4 aromatic rings. The van der Waals surface area contributed by atoms with E-state index in [2.05, 4.69) is 47.5 Å². The predicted octanol–water partition coefficient (Wildman–Crippen LogP) is 5.57. The number of aliphatic imine (C=N–C) groups is 1. The SMILES string of the molecule is C=N/C(=C\C=C(/C)C(C)NC(=O)c1ncc(-c2nc(C)cc(Nc3cc(C)[nH]n3)n2)cc1F)c1ccccc1. The van der Waals surface area contributed by atoms with Crippen molar-refractivity contribution in [1.82, 2.24) is 30.5 Å². The number of H-pyrrole nitrogens is 1. The fraction of sp³-hybridized carbons (Fsp3) is 0.172. The van der Waals surface area contributed by atoms with Crippen molar-refractivity contribution in [2.45, 2.75) is 33.7 Å². The zero-order valence-corrected chi connectivity index (χ0v) is 22.2. The average molecular weight is 525 g/mol. The molecule has 10 heteroatoms. The van der Waals surface area contributed by atoms with Crippen LogP contribution in [0.25, 0.3) is 17.1 Å². The highest BCUT2D eigenvalue weighted by Gasteiger charge is 2.18. The summed E-state index contributed by atoms with van der Waals surface area (Å²) in [7, 11) is 0. The Bertz CT molecular complexity index is 1560. The zero-order chi connectivity index (χ0) is 27.9. The minimum Gasteiger partial charge on any atom is -0.344 e. The summed E-state index contributed by atoms with van der Waals surface area (Å²) in [6.07, 6.45) is 5.05. The second-order valence-corrected chi connectivity index (χ2v) is 9.02. The first-order valence-corrected chi connectivity index (χ1v) is 12.3. The summed E-state index contributed by atoms with van der Waals surface area (Å²) in [6.45, 7) is 11.0. The van der Waals surface area contributed by atoms with Crippen LogP contribution in [0.15, 0.2) is 77.4 Å². The number of amides is 1. The number of aromatic nitrogens is 5. The number of carbonyl (C=O) groups is 1. The van der Waals surface area contributed by atoms with Crippen LogP contribution in [0.2, 0.25) is 0 Å². The van der Waals surface area contributed by atoms with Crippen molar-refractivity contribution in [2.24, 2.45) is 4.99 Å². The summed E-state index contributed by atoms with van der Waals surface area (Å²) < 4.78 is 15.0. The van der Waals surface area contributed by atoms with Gasteiger partial charge in [0.25, 0.3) is 5.91 Å². The molecule has 1 unspecified atom stereocenters. The lowest BCUT2D eigenvalue weighted by molar-refractivity contribution is 0.0935. The van der Waals surface area contributed by atoms with Crippen LogP contribution < -0.4 is 10.6 Å². The highest BCUT2D eigenvalue weighted by atomic mass is 19.1. The van der Waals surface area contributed by atoms with Crippen molar-refractivity contribution in [1.29, 1.82) is 0 Å². The normalized spacial score (nSPS) is 12.6. The van der Waals surface area contributed by atoms with Gasteiger partial charge in [0.15, 0.2) is 23.2 Å². The van der Waals surface area contributed by atoms with Crippen molar-refractivity contribution in [2.75, 3.05) is 5.32 Å². The minimum absolute atomic E-state index is 0.270. The monoisotopic (exact) mass is 524 g/mol. The maximum atomic E-state index is 15.0. The van der Waals surface area contributed by atoms with E-state index in [1.807, 2.05) is 69.3 Å². The third kappa shape index (κ3) is 6.86. The van der Waals surface area contributed by atoms with E-state index < -0.39 is 11.7 Å². The Morgan fingerprint density at radius 1 is 1.10 bits per heavy atom. The summed E-state index contributed by atoms with van der Waals surface area (Å²) in [5, 5.41) is 12.9. The van der Waals surface area contributed by atoms with Gasteiger partial charge in [0.1, 0.15) is 5.82 Å². The molecule has 0 aliphatic carbocycles. The molecule has 0 radical (unpaired) electrons. The largest absolute Gasteiger partial charge is 0.344 e. The molecule has 0 saturated heterocycles. The number of aromatic amines is 1. The van der Waals surface area contributed by atoms with E-state index in [0.717, 1.165) is 16.8 Å². The molecule has 3 aromatic heterocycles. The summed E-state index contributed by atoms with van der Waals surface area (Å²) in [5.41, 5.74) is 4.07. The quantitative estimate of drug-likeness (QED) is 0.195.